The lowest BCUT2D eigenvalue weighted by Gasteiger charge is -2.53. The first kappa shape index (κ1) is 27.3. The standard InChI is InChI=1S/C41H35NO4/c1-6-13-29-35-37(39(2,3)40(4)36(29)28-18-11-12-19-30(28)42(40)5)41(46-38(35)43)44-31-22-20-24-14-7-9-16-26(24)33(31)34-27-17-10-8-15-25(27)21-23-32(34)45-41/h7-12,14-23H,6,13H2,1-5H3/t40-/m1/s1. The van der Waals surface area contributed by atoms with E-state index in [-0.39, 0.29) is 0 Å². The fraction of sp³-hybridized carbons (Fsp3) is 0.244. The molecule has 0 unspecified atom stereocenters. The van der Waals surface area contributed by atoms with Crippen LogP contribution < -0.4 is 14.4 Å². The summed E-state index contributed by atoms with van der Waals surface area (Å²) in [5.74, 6) is -0.971. The number of ether oxygens (including phenoxy) is 3. The molecule has 0 N–H and O–H groups in total. The van der Waals surface area contributed by atoms with Crippen molar-refractivity contribution < 1.29 is 19.0 Å². The second kappa shape index (κ2) is 9.03. The van der Waals surface area contributed by atoms with Crippen LogP contribution in [-0.2, 0) is 9.53 Å². The van der Waals surface area contributed by atoms with Crippen LogP contribution in [0.2, 0.25) is 0 Å². The van der Waals surface area contributed by atoms with E-state index in [0.717, 1.165) is 62.3 Å². The molecular weight excluding hydrogens is 570 g/mol. The number of esters is 1. The van der Waals surface area contributed by atoms with E-state index in [2.05, 4.69) is 100 Å². The van der Waals surface area contributed by atoms with Gasteiger partial charge in [-0.2, -0.15) is 0 Å². The van der Waals surface area contributed by atoms with E-state index in [4.69, 9.17) is 14.2 Å². The van der Waals surface area contributed by atoms with E-state index in [1.54, 1.807) is 0 Å². The summed E-state index contributed by atoms with van der Waals surface area (Å²) >= 11 is 0. The second-order valence-electron chi connectivity index (χ2n) is 13.6. The van der Waals surface area contributed by atoms with Crippen molar-refractivity contribution in [2.24, 2.45) is 5.41 Å². The number of anilines is 1. The van der Waals surface area contributed by atoms with Crippen molar-refractivity contribution in [3.05, 3.63) is 119 Å². The first-order valence-electron chi connectivity index (χ1n) is 16.2. The van der Waals surface area contributed by atoms with Crippen LogP contribution in [0.25, 0.3) is 38.2 Å². The molecule has 3 heterocycles. The predicted octanol–water partition coefficient (Wildman–Crippen LogP) is 9.44. The predicted molar refractivity (Wildman–Crippen MR) is 183 cm³/mol. The van der Waals surface area contributed by atoms with E-state index in [0.29, 0.717) is 17.1 Å². The summed E-state index contributed by atoms with van der Waals surface area (Å²) < 4.78 is 20.7. The summed E-state index contributed by atoms with van der Waals surface area (Å²) in [7, 11) is 2.16. The van der Waals surface area contributed by atoms with Crippen molar-refractivity contribution in [3.8, 4) is 22.6 Å². The van der Waals surface area contributed by atoms with Gasteiger partial charge in [-0.3, -0.25) is 0 Å². The number of likely N-dealkylation sites (N-methyl/N-ethyl adjacent to an activating group) is 1. The Kier molecular flexibility index (Phi) is 5.36. The lowest BCUT2D eigenvalue weighted by molar-refractivity contribution is -0.255. The van der Waals surface area contributed by atoms with Gasteiger partial charge in [0.05, 0.1) is 16.7 Å². The summed E-state index contributed by atoms with van der Waals surface area (Å²) in [4.78, 5) is 16.8. The first-order valence-corrected chi connectivity index (χ1v) is 16.2. The summed E-state index contributed by atoms with van der Waals surface area (Å²) in [6.07, 6.45) is 1.61. The highest BCUT2D eigenvalue weighted by Crippen LogP contribution is 2.66. The monoisotopic (exact) mass is 605 g/mol. The number of benzene rings is 5. The summed E-state index contributed by atoms with van der Waals surface area (Å²) in [6, 6.07) is 33.3. The summed E-state index contributed by atoms with van der Waals surface area (Å²) in [5.41, 5.74) is 6.55. The zero-order chi connectivity index (χ0) is 31.6. The maximum absolute atomic E-state index is 14.4. The van der Waals surface area contributed by atoms with Gasteiger partial charge in [-0.25, -0.2) is 4.79 Å². The van der Waals surface area contributed by atoms with E-state index in [1.807, 2.05) is 36.4 Å². The molecule has 4 aliphatic rings. The molecule has 0 radical (unpaired) electrons. The highest BCUT2D eigenvalue weighted by Gasteiger charge is 2.69. The zero-order valence-corrected chi connectivity index (χ0v) is 26.7. The molecule has 0 amide bonds. The molecule has 1 aliphatic carbocycles. The molecule has 5 nitrogen and oxygen atoms in total. The molecular formula is C41H35NO4. The molecule has 5 aromatic rings. The SMILES string of the molecule is CCCC1=C2c3ccccc3N(C)[C@@]2(C)C(C)(C)C2=C1C(=O)OC21Oc2ccc3ccccc3c2-c2c(ccc3ccccc23)O1. The average molecular weight is 606 g/mol. The van der Waals surface area contributed by atoms with Gasteiger partial charge in [0, 0.05) is 34.8 Å². The van der Waals surface area contributed by atoms with Crippen LogP contribution in [-0.4, -0.2) is 24.5 Å². The van der Waals surface area contributed by atoms with E-state index >= 15 is 0 Å². The number of hydrogen-bond donors (Lipinski definition) is 0. The van der Waals surface area contributed by atoms with Crippen LogP contribution >= 0.6 is 0 Å². The molecule has 0 saturated carbocycles. The molecule has 5 heteroatoms. The Bertz CT molecular complexity index is 2150. The number of para-hydroxylation sites is 1. The summed E-state index contributed by atoms with van der Waals surface area (Å²) in [6.45, 7) is 8.86. The number of carbonyl (C=O) groups excluding carboxylic acids is 1. The molecule has 1 atom stereocenters. The van der Waals surface area contributed by atoms with Crippen molar-refractivity contribution in [2.75, 3.05) is 11.9 Å². The van der Waals surface area contributed by atoms with E-state index in [1.165, 1.54) is 11.1 Å². The molecule has 9 rings (SSSR count). The fourth-order valence-electron chi connectivity index (χ4n) is 8.80. The number of hydrogen-bond acceptors (Lipinski definition) is 5. The minimum Gasteiger partial charge on any atom is -0.416 e. The summed E-state index contributed by atoms with van der Waals surface area (Å²) in [5, 5.41) is 4.28. The van der Waals surface area contributed by atoms with Gasteiger partial charge in [0.15, 0.2) is 0 Å². The Labute approximate surface area is 268 Å². The molecule has 0 aromatic heterocycles. The van der Waals surface area contributed by atoms with Crippen LogP contribution in [0.5, 0.6) is 11.5 Å². The van der Waals surface area contributed by atoms with Gasteiger partial charge in [-0.1, -0.05) is 106 Å². The normalized spacial score (nSPS) is 21.7. The number of rotatable bonds is 2. The van der Waals surface area contributed by atoms with Crippen molar-refractivity contribution in [3.63, 3.8) is 0 Å². The molecule has 5 aromatic carbocycles. The molecule has 0 bridgehead atoms. The van der Waals surface area contributed by atoms with Crippen LogP contribution in [0.4, 0.5) is 5.69 Å². The highest BCUT2D eigenvalue weighted by molar-refractivity contribution is 6.11. The molecule has 0 fully saturated rings. The smallest absolute Gasteiger partial charge is 0.416 e. The van der Waals surface area contributed by atoms with Gasteiger partial charge < -0.3 is 19.1 Å². The van der Waals surface area contributed by atoms with E-state index < -0.39 is 22.9 Å². The molecule has 46 heavy (non-hydrogen) atoms. The van der Waals surface area contributed by atoms with Gasteiger partial charge in [0.1, 0.15) is 11.5 Å². The Balaban J connectivity index is 1.38. The lowest BCUT2D eigenvalue weighted by Crippen LogP contribution is -2.60. The Morgan fingerprint density at radius 2 is 1.26 bits per heavy atom. The topological polar surface area (TPSA) is 48.0 Å². The largest absolute Gasteiger partial charge is 0.447 e. The number of nitrogens with zero attached hydrogens (tertiary/aromatic N) is 1. The van der Waals surface area contributed by atoms with E-state index in [9.17, 15) is 4.79 Å². The van der Waals surface area contributed by atoms with Crippen molar-refractivity contribution in [1.82, 2.24) is 0 Å². The fourth-order valence-corrected chi connectivity index (χ4v) is 8.80. The molecule has 228 valence electrons. The highest BCUT2D eigenvalue weighted by atomic mass is 16.9. The van der Waals surface area contributed by atoms with Crippen LogP contribution in [0, 0.1) is 5.41 Å². The van der Waals surface area contributed by atoms with Gasteiger partial charge >= 0.3 is 11.9 Å². The molecule has 3 aliphatic heterocycles. The maximum atomic E-state index is 14.4. The Morgan fingerprint density at radius 3 is 1.87 bits per heavy atom. The Morgan fingerprint density at radius 1 is 0.696 bits per heavy atom. The number of carbonyl (C=O) groups is 1. The minimum absolute atomic E-state index is 0.403. The second-order valence-corrected chi connectivity index (χ2v) is 13.6. The van der Waals surface area contributed by atoms with Gasteiger partial charge in [-0.15, -0.1) is 0 Å². The molecule has 1 spiro atoms. The van der Waals surface area contributed by atoms with Gasteiger partial charge in [0.2, 0.25) is 0 Å². The van der Waals surface area contributed by atoms with Crippen LogP contribution in [0.1, 0.15) is 46.1 Å². The first-order chi connectivity index (χ1) is 22.2. The zero-order valence-electron chi connectivity index (χ0n) is 26.7. The van der Waals surface area contributed by atoms with Crippen molar-refractivity contribution in [2.45, 2.75) is 52.0 Å². The third-order valence-electron chi connectivity index (χ3n) is 11.1. The quantitative estimate of drug-likeness (QED) is 0.188. The number of fused-ring (bicyclic) bond motifs is 11. The van der Waals surface area contributed by atoms with Crippen molar-refractivity contribution in [1.29, 1.82) is 0 Å². The van der Waals surface area contributed by atoms with Crippen LogP contribution in [0.15, 0.2) is 114 Å². The third kappa shape index (κ3) is 3.18. The average Bonchev–Trinajstić information content (AvgIpc) is 3.41. The van der Waals surface area contributed by atoms with Crippen LogP contribution in [0.3, 0.4) is 0 Å². The van der Waals surface area contributed by atoms with Crippen molar-refractivity contribution >= 4 is 38.8 Å². The maximum Gasteiger partial charge on any atom is 0.447 e. The minimum atomic E-state index is -1.80. The third-order valence-corrected chi connectivity index (χ3v) is 11.1. The van der Waals surface area contributed by atoms with Gasteiger partial charge in [-0.05, 0) is 64.2 Å². The lowest BCUT2D eigenvalue weighted by atomic mass is 9.58. The molecule has 0 saturated heterocycles. The Hall–Kier alpha value is -5.03. The van der Waals surface area contributed by atoms with Gasteiger partial charge in [0.25, 0.3) is 0 Å².